The van der Waals surface area contributed by atoms with E-state index in [2.05, 4.69) is 17.2 Å². The summed E-state index contributed by atoms with van der Waals surface area (Å²) in [4.78, 5) is 17.5. The average Bonchev–Trinajstić information content (AvgIpc) is 2.80. The number of benzene rings is 1. The summed E-state index contributed by atoms with van der Waals surface area (Å²) in [6.45, 7) is 4.43. The molecule has 1 aliphatic rings. The number of nitrogens with zero attached hydrogens (tertiary/aromatic N) is 1. The first-order chi connectivity index (χ1) is 9.13. The number of amides is 1. The lowest BCUT2D eigenvalue weighted by atomic mass is 10.2. The van der Waals surface area contributed by atoms with Gasteiger partial charge >= 0.3 is 0 Å². The van der Waals surface area contributed by atoms with E-state index in [1.54, 1.807) is 0 Å². The molecule has 1 aromatic heterocycles. The van der Waals surface area contributed by atoms with Crippen LogP contribution in [0.3, 0.4) is 0 Å². The Labute approximate surface area is 116 Å². The maximum atomic E-state index is 12.4. The number of hydrogen-bond acceptors (Lipinski definition) is 2. The molecule has 0 radical (unpaired) electrons. The number of aromatic amines is 1. The van der Waals surface area contributed by atoms with Crippen molar-refractivity contribution in [1.29, 1.82) is 0 Å². The zero-order valence-electron chi connectivity index (χ0n) is 10.7. The molecule has 0 spiro atoms. The maximum absolute atomic E-state index is 12.4. The molecule has 1 aromatic carbocycles. The van der Waals surface area contributed by atoms with Crippen LogP contribution < -0.4 is 5.32 Å². The molecule has 5 heteroatoms. The number of carbonyl (C=O) groups excluding carboxylic acids is 1. The smallest absolute Gasteiger partial charge is 0.270 e. The Hall–Kier alpha value is -1.52. The molecular formula is C14H16ClN3O. The molecule has 1 unspecified atom stereocenters. The van der Waals surface area contributed by atoms with Crippen molar-refractivity contribution in [2.45, 2.75) is 13.0 Å². The van der Waals surface area contributed by atoms with Crippen molar-refractivity contribution in [3.63, 3.8) is 0 Å². The average molecular weight is 278 g/mol. The van der Waals surface area contributed by atoms with E-state index in [1.807, 2.05) is 29.2 Å². The molecule has 2 heterocycles. The van der Waals surface area contributed by atoms with Crippen LogP contribution in [-0.4, -0.2) is 41.5 Å². The van der Waals surface area contributed by atoms with Crippen molar-refractivity contribution in [3.8, 4) is 0 Å². The van der Waals surface area contributed by atoms with Gasteiger partial charge in [-0.1, -0.05) is 11.6 Å². The summed E-state index contributed by atoms with van der Waals surface area (Å²) in [5, 5.41) is 4.98. The number of carbonyl (C=O) groups is 1. The fourth-order valence-electron chi connectivity index (χ4n) is 2.51. The third-order valence-corrected chi connectivity index (χ3v) is 3.70. The lowest BCUT2D eigenvalue weighted by molar-refractivity contribution is 0.0704. The highest BCUT2D eigenvalue weighted by molar-refractivity contribution is 6.31. The molecule has 1 aliphatic heterocycles. The topological polar surface area (TPSA) is 48.1 Å². The molecule has 1 atom stereocenters. The zero-order chi connectivity index (χ0) is 13.4. The number of hydrogen-bond donors (Lipinski definition) is 2. The van der Waals surface area contributed by atoms with Crippen LogP contribution >= 0.6 is 11.6 Å². The van der Waals surface area contributed by atoms with Gasteiger partial charge in [-0.05, 0) is 31.2 Å². The summed E-state index contributed by atoms with van der Waals surface area (Å²) >= 11 is 5.96. The number of rotatable bonds is 1. The molecule has 2 aromatic rings. The van der Waals surface area contributed by atoms with E-state index in [1.165, 1.54) is 0 Å². The highest BCUT2D eigenvalue weighted by Gasteiger charge is 2.22. The number of halogens is 1. The monoisotopic (exact) mass is 277 g/mol. The van der Waals surface area contributed by atoms with Gasteiger partial charge in [0.25, 0.3) is 5.91 Å². The molecule has 1 fully saturated rings. The summed E-state index contributed by atoms with van der Waals surface area (Å²) in [5.41, 5.74) is 1.57. The second kappa shape index (κ2) is 4.87. The molecular weight excluding hydrogens is 262 g/mol. The Morgan fingerprint density at radius 2 is 2.26 bits per heavy atom. The van der Waals surface area contributed by atoms with Crippen LogP contribution in [0, 0.1) is 0 Å². The molecule has 1 saturated heterocycles. The predicted octanol–water partition coefficient (Wildman–Crippen LogP) is 2.26. The minimum Gasteiger partial charge on any atom is -0.351 e. The molecule has 0 aliphatic carbocycles. The first kappa shape index (κ1) is 12.5. The van der Waals surface area contributed by atoms with Gasteiger partial charge in [0.1, 0.15) is 5.69 Å². The van der Waals surface area contributed by atoms with E-state index in [4.69, 9.17) is 11.6 Å². The van der Waals surface area contributed by atoms with Crippen molar-refractivity contribution >= 4 is 28.4 Å². The molecule has 0 bridgehead atoms. The quantitative estimate of drug-likeness (QED) is 0.840. The third kappa shape index (κ3) is 2.46. The van der Waals surface area contributed by atoms with Gasteiger partial charge in [-0.15, -0.1) is 0 Å². The van der Waals surface area contributed by atoms with Crippen LogP contribution in [0.25, 0.3) is 10.9 Å². The third-order valence-electron chi connectivity index (χ3n) is 3.47. The van der Waals surface area contributed by atoms with Gasteiger partial charge in [0.15, 0.2) is 0 Å². The Balaban J connectivity index is 1.88. The van der Waals surface area contributed by atoms with E-state index in [0.717, 1.165) is 30.5 Å². The number of H-pyrrole nitrogens is 1. The highest BCUT2D eigenvalue weighted by atomic mass is 35.5. The van der Waals surface area contributed by atoms with Gasteiger partial charge in [0.2, 0.25) is 0 Å². The van der Waals surface area contributed by atoms with E-state index < -0.39 is 0 Å². The Kier molecular flexibility index (Phi) is 3.21. The summed E-state index contributed by atoms with van der Waals surface area (Å²) in [6.07, 6.45) is 0. The summed E-state index contributed by atoms with van der Waals surface area (Å²) in [7, 11) is 0. The van der Waals surface area contributed by atoms with Crippen LogP contribution in [0.15, 0.2) is 24.3 Å². The van der Waals surface area contributed by atoms with Gasteiger partial charge in [-0.3, -0.25) is 4.79 Å². The van der Waals surface area contributed by atoms with Crippen LogP contribution in [0.5, 0.6) is 0 Å². The maximum Gasteiger partial charge on any atom is 0.270 e. The van der Waals surface area contributed by atoms with Crippen LogP contribution in [0.2, 0.25) is 5.02 Å². The van der Waals surface area contributed by atoms with Crippen LogP contribution in [0.4, 0.5) is 0 Å². The van der Waals surface area contributed by atoms with Gasteiger partial charge in [-0.2, -0.15) is 0 Å². The predicted molar refractivity (Wildman–Crippen MR) is 76.7 cm³/mol. The fourth-order valence-corrected chi connectivity index (χ4v) is 2.69. The number of fused-ring (bicyclic) bond motifs is 1. The molecule has 1 amide bonds. The van der Waals surface area contributed by atoms with Crippen molar-refractivity contribution < 1.29 is 4.79 Å². The number of nitrogens with one attached hydrogen (secondary N) is 2. The molecule has 100 valence electrons. The minimum absolute atomic E-state index is 0.0562. The van der Waals surface area contributed by atoms with E-state index >= 15 is 0 Å². The first-order valence-electron chi connectivity index (χ1n) is 6.44. The summed E-state index contributed by atoms with van der Waals surface area (Å²) < 4.78 is 0. The van der Waals surface area contributed by atoms with E-state index in [-0.39, 0.29) is 5.91 Å². The number of aromatic nitrogens is 1. The van der Waals surface area contributed by atoms with Crippen LogP contribution in [0.1, 0.15) is 17.4 Å². The summed E-state index contributed by atoms with van der Waals surface area (Å²) in [6, 6.07) is 7.80. The van der Waals surface area contributed by atoms with E-state index in [9.17, 15) is 4.79 Å². The molecule has 19 heavy (non-hydrogen) atoms. The molecule has 3 rings (SSSR count). The van der Waals surface area contributed by atoms with Crippen LogP contribution in [-0.2, 0) is 0 Å². The first-order valence-corrected chi connectivity index (χ1v) is 6.82. The van der Waals surface area contributed by atoms with Gasteiger partial charge in [-0.25, -0.2) is 0 Å². The second-order valence-electron chi connectivity index (χ2n) is 5.02. The highest BCUT2D eigenvalue weighted by Crippen LogP contribution is 2.21. The minimum atomic E-state index is 0.0562. The van der Waals surface area contributed by atoms with Gasteiger partial charge in [0.05, 0.1) is 0 Å². The van der Waals surface area contributed by atoms with Crippen molar-refractivity contribution in [1.82, 2.24) is 15.2 Å². The second-order valence-corrected chi connectivity index (χ2v) is 5.46. The lowest BCUT2D eigenvalue weighted by Gasteiger charge is -2.31. The molecule has 4 nitrogen and oxygen atoms in total. The largest absolute Gasteiger partial charge is 0.351 e. The number of piperazine rings is 1. The van der Waals surface area contributed by atoms with Crippen molar-refractivity contribution in [3.05, 3.63) is 35.0 Å². The van der Waals surface area contributed by atoms with Gasteiger partial charge < -0.3 is 15.2 Å². The molecule has 2 N–H and O–H groups in total. The SMILES string of the molecule is CC1CN(C(=O)c2cc3cc(Cl)ccc3[nH]2)CCN1. The van der Waals surface area contributed by atoms with Gasteiger partial charge in [0, 0.05) is 41.6 Å². The van der Waals surface area contributed by atoms with Crippen molar-refractivity contribution in [2.24, 2.45) is 0 Å². The Morgan fingerprint density at radius 3 is 3.05 bits per heavy atom. The normalized spacial score (nSPS) is 19.9. The summed E-state index contributed by atoms with van der Waals surface area (Å²) in [5.74, 6) is 0.0562. The molecule has 0 saturated carbocycles. The Bertz CT molecular complexity index is 622. The standard InChI is InChI=1S/C14H16ClN3O/c1-9-8-18(5-4-16-9)14(19)13-7-10-6-11(15)2-3-12(10)17-13/h2-3,6-7,9,16-17H,4-5,8H2,1H3. The van der Waals surface area contributed by atoms with Crippen molar-refractivity contribution in [2.75, 3.05) is 19.6 Å². The lowest BCUT2D eigenvalue weighted by Crippen LogP contribution is -2.51. The Morgan fingerprint density at radius 1 is 1.42 bits per heavy atom. The van der Waals surface area contributed by atoms with E-state index in [0.29, 0.717) is 16.8 Å². The fraction of sp³-hybridized carbons (Fsp3) is 0.357. The zero-order valence-corrected chi connectivity index (χ0v) is 11.5.